The summed E-state index contributed by atoms with van der Waals surface area (Å²) >= 11 is 1.71. The standard InChI is InChI=1S/C30H29N5O2S/c1-37-26-12-7-13-27-28(26)33-30(38-27)35-18-16-34(17-19-35)15-14-31-29(36)23-20-25(21-8-3-2-4-9-21)32-24-11-6-5-10-22(23)24/h2-13,20H,14-19H2,1H3,(H,31,36). The van der Waals surface area contributed by atoms with E-state index in [-0.39, 0.29) is 5.91 Å². The molecule has 1 aliphatic rings. The molecule has 1 aliphatic heterocycles. The number of anilines is 1. The van der Waals surface area contributed by atoms with Gasteiger partial charge in [0.15, 0.2) is 5.13 Å². The monoisotopic (exact) mass is 523 g/mol. The number of aromatic nitrogens is 2. The molecule has 0 radical (unpaired) electrons. The summed E-state index contributed by atoms with van der Waals surface area (Å²) in [6, 6.07) is 25.8. The average molecular weight is 524 g/mol. The van der Waals surface area contributed by atoms with Crippen LogP contribution in [0.2, 0.25) is 0 Å². The van der Waals surface area contributed by atoms with Crippen molar-refractivity contribution in [1.29, 1.82) is 0 Å². The molecule has 5 aromatic rings. The van der Waals surface area contributed by atoms with Gasteiger partial charge in [0.2, 0.25) is 0 Å². The van der Waals surface area contributed by atoms with Crippen LogP contribution in [0, 0.1) is 0 Å². The van der Waals surface area contributed by atoms with Crippen LogP contribution in [0.3, 0.4) is 0 Å². The van der Waals surface area contributed by atoms with Crippen molar-refractivity contribution in [3.63, 3.8) is 0 Å². The van der Waals surface area contributed by atoms with Crippen LogP contribution in [-0.2, 0) is 0 Å². The highest BCUT2D eigenvalue weighted by atomic mass is 32.1. The summed E-state index contributed by atoms with van der Waals surface area (Å²) in [5, 5.41) is 5.05. The number of carbonyl (C=O) groups is 1. The highest BCUT2D eigenvalue weighted by Crippen LogP contribution is 2.34. The molecule has 0 spiro atoms. The van der Waals surface area contributed by atoms with Gasteiger partial charge < -0.3 is 15.0 Å². The highest BCUT2D eigenvalue weighted by molar-refractivity contribution is 7.22. The SMILES string of the molecule is COc1cccc2sc(N3CCN(CCNC(=O)c4cc(-c5ccccc5)nc5ccccc45)CC3)nc12. The van der Waals surface area contributed by atoms with E-state index in [1.807, 2.05) is 72.8 Å². The zero-order valence-corrected chi connectivity index (χ0v) is 22.1. The van der Waals surface area contributed by atoms with Gasteiger partial charge in [-0.25, -0.2) is 9.97 Å². The van der Waals surface area contributed by atoms with Gasteiger partial charge in [-0.2, -0.15) is 0 Å². The number of amides is 1. The van der Waals surface area contributed by atoms with Gasteiger partial charge in [0.25, 0.3) is 5.91 Å². The van der Waals surface area contributed by atoms with Crippen LogP contribution < -0.4 is 15.0 Å². The zero-order valence-electron chi connectivity index (χ0n) is 21.3. The molecule has 38 heavy (non-hydrogen) atoms. The van der Waals surface area contributed by atoms with Crippen LogP contribution in [0.5, 0.6) is 5.75 Å². The Bertz CT molecular complexity index is 1580. The first kappa shape index (κ1) is 24.3. The third-order valence-corrected chi connectivity index (χ3v) is 8.06. The van der Waals surface area contributed by atoms with Gasteiger partial charge in [-0.3, -0.25) is 9.69 Å². The third-order valence-electron chi connectivity index (χ3n) is 6.98. The number of para-hydroxylation sites is 2. The molecule has 0 unspecified atom stereocenters. The van der Waals surface area contributed by atoms with Crippen molar-refractivity contribution in [3.05, 3.63) is 84.4 Å². The van der Waals surface area contributed by atoms with Crippen molar-refractivity contribution in [3.8, 4) is 17.0 Å². The quantitative estimate of drug-likeness (QED) is 0.321. The minimum atomic E-state index is -0.0668. The predicted octanol–water partition coefficient (Wildman–Crippen LogP) is 5.07. The molecule has 0 atom stereocenters. The third kappa shape index (κ3) is 4.92. The Morgan fingerprint density at radius 2 is 1.74 bits per heavy atom. The van der Waals surface area contributed by atoms with E-state index in [1.54, 1.807) is 18.4 Å². The van der Waals surface area contributed by atoms with E-state index in [4.69, 9.17) is 14.7 Å². The minimum absolute atomic E-state index is 0.0668. The van der Waals surface area contributed by atoms with Crippen molar-refractivity contribution < 1.29 is 9.53 Å². The summed E-state index contributed by atoms with van der Waals surface area (Å²) in [7, 11) is 1.69. The molecule has 2 aromatic heterocycles. The number of piperazine rings is 1. The lowest BCUT2D eigenvalue weighted by Crippen LogP contribution is -2.48. The number of nitrogens with one attached hydrogen (secondary N) is 1. The summed E-state index contributed by atoms with van der Waals surface area (Å²) in [4.78, 5) is 27.6. The molecule has 1 saturated heterocycles. The van der Waals surface area contributed by atoms with Crippen molar-refractivity contribution in [2.75, 3.05) is 51.3 Å². The molecule has 7 nitrogen and oxygen atoms in total. The van der Waals surface area contributed by atoms with E-state index < -0.39 is 0 Å². The van der Waals surface area contributed by atoms with E-state index in [1.165, 1.54) is 0 Å². The van der Waals surface area contributed by atoms with Gasteiger partial charge in [0, 0.05) is 50.2 Å². The first-order valence-corrected chi connectivity index (χ1v) is 13.7. The van der Waals surface area contributed by atoms with E-state index in [0.29, 0.717) is 12.1 Å². The molecular weight excluding hydrogens is 494 g/mol. The average Bonchev–Trinajstić information content (AvgIpc) is 3.42. The number of fused-ring (bicyclic) bond motifs is 2. The fraction of sp³-hybridized carbons (Fsp3) is 0.233. The van der Waals surface area contributed by atoms with Gasteiger partial charge in [0.1, 0.15) is 11.3 Å². The Balaban J connectivity index is 1.08. The van der Waals surface area contributed by atoms with Crippen molar-refractivity contribution in [2.24, 2.45) is 0 Å². The lowest BCUT2D eigenvalue weighted by atomic mass is 10.0. The molecular formula is C30H29N5O2S. The van der Waals surface area contributed by atoms with E-state index >= 15 is 0 Å². The summed E-state index contributed by atoms with van der Waals surface area (Å²) < 4.78 is 6.61. The highest BCUT2D eigenvalue weighted by Gasteiger charge is 2.21. The van der Waals surface area contributed by atoms with Crippen molar-refractivity contribution >= 4 is 43.5 Å². The van der Waals surface area contributed by atoms with Crippen LogP contribution in [0.25, 0.3) is 32.4 Å². The number of thiazole rings is 1. The summed E-state index contributed by atoms with van der Waals surface area (Å²) in [6.07, 6.45) is 0. The molecule has 1 N–H and O–H groups in total. The number of carbonyl (C=O) groups excluding carboxylic acids is 1. The molecule has 1 fully saturated rings. The number of hydrogen-bond donors (Lipinski definition) is 1. The Kier molecular flexibility index (Phi) is 6.90. The van der Waals surface area contributed by atoms with Gasteiger partial charge in [-0.1, -0.05) is 65.9 Å². The molecule has 0 saturated carbocycles. The number of pyridine rings is 1. The number of hydrogen-bond acceptors (Lipinski definition) is 7. The predicted molar refractivity (Wildman–Crippen MR) is 154 cm³/mol. The second kappa shape index (κ2) is 10.8. The Morgan fingerprint density at radius 1 is 0.947 bits per heavy atom. The maximum absolute atomic E-state index is 13.3. The van der Waals surface area contributed by atoms with Crippen LogP contribution >= 0.6 is 11.3 Å². The number of nitrogens with zero attached hydrogens (tertiary/aromatic N) is 4. The Labute approximate surface area is 225 Å². The largest absolute Gasteiger partial charge is 0.494 e. The molecule has 192 valence electrons. The smallest absolute Gasteiger partial charge is 0.252 e. The van der Waals surface area contributed by atoms with Crippen molar-refractivity contribution in [1.82, 2.24) is 20.2 Å². The van der Waals surface area contributed by atoms with Gasteiger partial charge in [0.05, 0.1) is 28.6 Å². The van der Waals surface area contributed by atoms with Crippen molar-refractivity contribution in [2.45, 2.75) is 0 Å². The molecule has 8 heteroatoms. The van der Waals surface area contributed by atoms with E-state index in [2.05, 4.69) is 21.2 Å². The number of methoxy groups -OCH3 is 1. The molecule has 6 rings (SSSR count). The first-order chi connectivity index (χ1) is 18.7. The molecule has 0 aliphatic carbocycles. The maximum atomic E-state index is 13.3. The molecule has 3 aromatic carbocycles. The maximum Gasteiger partial charge on any atom is 0.252 e. The fourth-order valence-corrected chi connectivity index (χ4v) is 5.95. The topological polar surface area (TPSA) is 70.6 Å². The second-order valence-corrected chi connectivity index (χ2v) is 10.3. The molecule has 1 amide bonds. The van der Waals surface area contributed by atoms with E-state index in [0.717, 1.165) is 76.0 Å². The van der Waals surface area contributed by atoms with Crippen LogP contribution in [-0.4, -0.2) is 67.2 Å². The second-order valence-electron chi connectivity index (χ2n) is 9.33. The zero-order chi connectivity index (χ0) is 25.9. The normalized spacial score (nSPS) is 14.2. The van der Waals surface area contributed by atoms with Gasteiger partial charge in [-0.15, -0.1) is 0 Å². The van der Waals surface area contributed by atoms with Crippen LogP contribution in [0.4, 0.5) is 5.13 Å². The lowest BCUT2D eigenvalue weighted by Gasteiger charge is -2.34. The lowest BCUT2D eigenvalue weighted by molar-refractivity contribution is 0.0949. The minimum Gasteiger partial charge on any atom is -0.494 e. The molecule has 0 bridgehead atoms. The summed E-state index contributed by atoms with van der Waals surface area (Å²) in [5.74, 6) is 0.750. The molecule has 3 heterocycles. The van der Waals surface area contributed by atoms with Crippen LogP contribution in [0.1, 0.15) is 10.4 Å². The number of benzene rings is 3. The van der Waals surface area contributed by atoms with Crippen LogP contribution in [0.15, 0.2) is 78.9 Å². The number of ether oxygens (including phenoxy) is 1. The van der Waals surface area contributed by atoms with Gasteiger partial charge >= 0.3 is 0 Å². The van der Waals surface area contributed by atoms with E-state index in [9.17, 15) is 4.79 Å². The summed E-state index contributed by atoms with van der Waals surface area (Å²) in [5.41, 5.74) is 4.21. The fourth-order valence-electron chi connectivity index (χ4n) is 4.92. The Hall–Kier alpha value is -4.01. The summed E-state index contributed by atoms with van der Waals surface area (Å²) in [6.45, 7) is 5.08. The van der Waals surface area contributed by atoms with Gasteiger partial charge in [-0.05, 0) is 24.3 Å². The first-order valence-electron chi connectivity index (χ1n) is 12.8. The number of rotatable bonds is 7. The Morgan fingerprint density at radius 3 is 2.55 bits per heavy atom.